The van der Waals surface area contributed by atoms with Crippen molar-refractivity contribution >= 4 is 23.5 Å². The Morgan fingerprint density at radius 1 is 1.21 bits per heavy atom. The first-order valence-electron chi connectivity index (χ1n) is 7.42. The van der Waals surface area contributed by atoms with Crippen molar-refractivity contribution in [3.8, 4) is 11.5 Å². The molecule has 0 saturated heterocycles. The minimum atomic E-state index is -0.761. The molecule has 0 spiro atoms. The lowest BCUT2D eigenvalue weighted by atomic mass is 10.1. The van der Waals surface area contributed by atoms with Crippen molar-refractivity contribution in [2.75, 3.05) is 24.9 Å². The van der Waals surface area contributed by atoms with Crippen LogP contribution in [0.1, 0.15) is 11.7 Å². The van der Waals surface area contributed by atoms with Gasteiger partial charge in [0.05, 0.1) is 6.10 Å². The minimum absolute atomic E-state index is 0.120. The summed E-state index contributed by atoms with van der Waals surface area (Å²) in [6, 6.07) is 12.4. The van der Waals surface area contributed by atoms with Crippen LogP contribution in [0.3, 0.4) is 0 Å². The van der Waals surface area contributed by atoms with Gasteiger partial charge in [-0.25, -0.2) is 4.79 Å². The molecule has 24 heavy (non-hydrogen) atoms. The molecule has 0 unspecified atom stereocenters. The number of urea groups is 1. The van der Waals surface area contributed by atoms with Gasteiger partial charge in [0.1, 0.15) is 0 Å². The Kier molecular flexibility index (Phi) is 5.12. The topological polar surface area (TPSA) is 79.8 Å². The van der Waals surface area contributed by atoms with Crippen LogP contribution < -0.4 is 20.1 Å². The number of aliphatic hydroxyl groups excluding tert-OH is 1. The van der Waals surface area contributed by atoms with Gasteiger partial charge >= 0.3 is 6.03 Å². The summed E-state index contributed by atoms with van der Waals surface area (Å²) in [4.78, 5) is 13.1. The second-order valence-corrected chi connectivity index (χ2v) is 6.07. The Morgan fingerprint density at radius 3 is 2.71 bits per heavy atom. The van der Waals surface area contributed by atoms with E-state index in [1.54, 1.807) is 30.0 Å². The van der Waals surface area contributed by atoms with E-state index in [4.69, 9.17) is 9.47 Å². The number of nitrogens with one attached hydrogen (secondary N) is 2. The standard InChI is InChI=1S/C17H18N2O4S/c1-24-13-5-2-11(3-6-13)14(20)9-18-17(21)19-12-4-7-15-16(8-12)23-10-22-15/h2-8,14,20H,9-10H2,1H3,(H2,18,19,21)/t14-/m1/s1. The SMILES string of the molecule is CSc1ccc([C@H](O)CNC(=O)Nc2ccc3c(c2)OCO3)cc1. The van der Waals surface area contributed by atoms with Gasteiger partial charge in [0.15, 0.2) is 11.5 Å². The largest absolute Gasteiger partial charge is 0.454 e. The molecule has 2 amide bonds. The summed E-state index contributed by atoms with van der Waals surface area (Å²) in [5, 5.41) is 15.5. The molecule has 0 radical (unpaired) electrons. The zero-order chi connectivity index (χ0) is 16.9. The van der Waals surface area contributed by atoms with Crippen LogP contribution in [0.2, 0.25) is 0 Å². The summed E-state index contributed by atoms with van der Waals surface area (Å²) in [5.74, 6) is 1.26. The van der Waals surface area contributed by atoms with E-state index in [1.165, 1.54) is 0 Å². The highest BCUT2D eigenvalue weighted by molar-refractivity contribution is 7.98. The molecule has 126 valence electrons. The highest BCUT2D eigenvalue weighted by Crippen LogP contribution is 2.34. The molecule has 1 heterocycles. The second-order valence-electron chi connectivity index (χ2n) is 5.19. The number of thioether (sulfide) groups is 1. The maximum Gasteiger partial charge on any atom is 0.319 e. The highest BCUT2D eigenvalue weighted by Gasteiger charge is 2.14. The van der Waals surface area contributed by atoms with Gasteiger partial charge in [0, 0.05) is 23.2 Å². The number of carbonyl (C=O) groups is 1. The van der Waals surface area contributed by atoms with Crippen LogP contribution in [-0.2, 0) is 0 Å². The molecule has 0 fully saturated rings. The fraction of sp³-hybridized carbons (Fsp3) is 0.235. The molecule has 1 aliphatic heterocycles. The van der Waals surface area contributed by atoms with Crippen LogP contribution in [0.25, 0.3) is 0 Å². The van der Waals surface area contributed by atoms with E-state index in [-0.39, 0.29) is 13.3 Å². The quantitative estimate of drug-likeness (QED) is 0.725. The van der Waals surface area contributed by atoms with Gasteiger partial charge in [-0.1, -0.05) is 12.1 Å². The molecule has 7 heteroatoms. The number of amides is 2. The van der Waals surface area contributed by atoms with E-state index in [1.807, 2.05) is 30.5 Å². The first-order chi connectivity index (χ1) is 11.7. The molecule has 0 saturated carbocycles. The van der Waals surface area contributed by atoms with Crippen LogP contribution in [-0.4, -0.2) is 30.7 Å². The van der Waals surface area contributed by atoms with E-state index in [9.17, 15) is 9.90 Å². The number of anilines is 1. The molecule has 1 atom stereocenters. The van der Waals surface area contributed by atoms with Crippen molar-refractivity contribution in [3.63, 3.8) is 0 Å². The molecule has 0 bridgehead atoms. The van der Waals surface area contributed by atoms with Gasteiger partial charge in [0.25, 0.3) is 0 Å². The average molecular weight is 346 g/mol. The Hall–Kier alpha value is -2.38. The monoisotopic (exact) mass is 346 g/mol. The lowest BCUT2D eigenvalue weighted by molar-refractivity contribution is 0.174. The van der Waals surface area contributed by atoms with Crippen molar-refractivity contribution in [3.05, 3.63) is 48.0 Å². The van der Waals surface area contributed by atoms with Crippen LogP contribution >= 0.6 is 11.8 Å². The normalized spacial score (nSPS) is 13.4. The number of fused-ring (bicyclic) bond motifs is 1. The third-order valence-corrected chi connectivity index (χ3v) is 4.33. The van der Waals surface area contributed by atoms with Crippen molar-refractivity contribution in [1.82, 2.24) is 5.32 Å². The molecular weight excluding hydrogens is 328 g/mol. The van der Waals surface area contributed by atoms with Crippen LogP contribution in [0.5, 0.6) is 11.5 Å². The van der Waals surface area contributed by atoms with Gasteiger partial charge < -0.3 is 25.2 Å². The Morgan fingerprint density at radius 2 is 1.96 bits per heavy atom. The minimum Gasteiger partial charge on any atom is -0.454 e. The van der Waals surface area contributed by atoms with Gasteiger partial charge in [-0.05, 0) is 36.1 Å². The van der Waals surface area contributed by atoms with E-state index >= 15 is 0 Å². The fourth-order valence-corrected chi connectivity index (χ4v) is 2.69. The van der Waals surface area contributed by atoms with Crippen LogP contribution in [0.15, 0.2) is 47.4 Å². The molecule has 2 aromatic carbocycles. The lowest BCUT2D eigenvalue weighted by Gasteiger charge is -2.13. The van der Waals surface area contributed by atoms with Gasteiger partial charge in [-0.15, -0.1) is 11.8 Å². The Balaban J connectivity index is 1.51. The van der Waals surface area contributed by atoms with E-state index < -0.39 is 12.1 Å². The Bertz CT molecular complexity index is 721. The van der Waals surface area contributed by atoms with Crippen LogP contribution in [0, 0.1) is 0 Å². The number of rotatable bonds is 5. The predicted octanol–water partition coefficient (Wildman–Crippen LogP) is 2.99. The van der Waals surface area contributed by atoms with Crippen molar-refractivity contribution in [2.24, 2.45) is 0 Å². The van der Waals surface area contributed by atoms with Crippen molar-refractivity contribution in [2.45, 2.75) is 11.0 Å². The Labute approximate surface area is 144 Å². The van der Waals surface area contributed by atoms with Gasteiger partial charge in [-0.2, -0.15) is 0 Å². The van der Waals surface area contributed by atoms with E-state index in [0.717, 1.165) is 10.5 Å². The number of ether oxygens (including phenoxy) is 2. The predicted molar refractivity (Wildman–Crippen MR) is 92.8 cm³/mol. The van der Waals surface area contributed by atoms with Crippen LogP contribution in [0.4, 0.5) is 10.5 Å². The summed E-state index contributed by atoms with van der Waals surface area (Å²) in [7, 11) is 0. The number of benzene rings is 2. The summed E-state index contributed by atoms with van der Waals surface area (Å²) < 4.78 is 10.5. The number of aliphatic hydroxyl groups is 1. The van der Waals surface area contributed by atoms with Gasteiger partial charge in [-0.3, -0.25) is 0 Å². The molecule has 6 nitrogen and oxygen atoms in total. The van der Waals surface area contributed by atoms with E-state index in [0.29, 0.717) is 17.2 Å². The smallest absolute Gasteiger partial charge is 0.319 e. The average Bonchev–Trinajstić information content (AvgIpc) is 3.07. The number of carbonyl (C=O) groups excluding carboxylic acids is 1. The zero-order valence-electron chi connectivity index (χ0n) is 13.1. The van der Waals surface area contributed by atoms with Gasteiger partial charge in [0.2, 0.25) is 6.79 Å². The molecule has 3 N–H and O–H groups in total. The third-order valence-electron chi connectivity index (χ3n) is 3.59. The first-order valence-corrected chi connectivity index (χ1v) is 8.64. The number of hydrogen-bond acceptors (Lipinski definition) is 5. The highest BCUT2D eigenvalue weighted by atomic mass is 32.2. The fourth-order valence-electron chi connectivity index (χ4n) is 2.28. The summed E-state index contributed by atoms with van der Waals surface area (Å²) in [6.45, 7) is 0.307. The molecule has 3 rings (SSSR count). The molecule has 2 aromatic rings. The van der Waals surface area contributed by atoms with Crippen molar-refractivity contribution < 1.29 is 19.4 Å². The summed E-state index contributed by atoms with van der Waals surface area (Å²) in [6.07, 6.45) is 1.23. The molecule has 0 aliphatic carbocycles. The third kappa shape index (κ3) is 3.93. The lowest BCUT2D eigenvalue weighted by Crippen LogP contribution is -2.32. The summed E-state index contributed by atoms with van der Waals surface area (Å²) >= 11 is 1.64. The summed E-state index contributed by atoms with van der Waals surface area (Å²) in [5.41, 5.74) is 1.35. The van der Waals surface area contributed by atoms with Crippen molar-refractivity contribution in [1.29, 1.82) is 0 Å². The van der Waals surface area contributed by atoms with E-state index in [2.05, 4.69) is 10.6 Å². The maximum absolute atomic E-state index is 11.9. The molecule has 0 aromatic heterocycles. The zero-order valence-corrected chi connectivity index (χ0v) is 13.9. The maximum atomic E-state index is 11.9. The number of hydrogen-bond donors (Lipinski definition) is 3. The first kappa shape index (κ1) is 16.5. The second kappa shape index (κ2) is 7.46. The molecular formula is C17H18N2O4S. The molecule has 1 aliphatic rings.